The third-order valence-electron chi connectivity index (χ3n) is 3.43. The number of pyridine rings is 1. The molecule has 1 N–H and O–H groups in total. The second-order valence-corrected chi connectivity index (χ2v) is 5.07. The summed E-state index contributed by atoms with van der Waals surface area (Å²) in [7, 11) is 0. The first-order valence-corrected chi connectivity index (χ1v) is 6.88. The molecule has 0 saturated carbocycles. The van der Waals surface area contributed by atoms with Gasteiger partial charge in [-0.1, -0.05) is 6.07 Å². The van der Waals surface area contributed by atoms with Crippen LogP contribution < -0.4 is 10.2 Å². The van der Waals surface area contributed by atoms with E-state index >= 15 is 0 Å². The van der Waals surface area contributed by atoms with Crippen molar-refractivity contribution in [3.05, 3.63) is 24.4 Å². The third kappa shape index (κ3) is 3.68. The molecule has 0 unspecified atom stereocenters. The van der Waals surface area contributed by atoms with Crippen LogP contribution in [0.4, 0.5) is 5.82 Å². The van der Waals surface area contributed by atoms with Crippen molar-refractivity contribution in [2.75, 3.05) is 44.2 Å². The summed E-state index contributed by atoms with van der Waals surface area (Å²) in [6.07, 6.45) is 1.87. The molecule has 1 aliphatic rings. The van der Waals surface area contributed by atoms with Gasteiger partial charge in [0.1, 0.15) is 5.82 Å². The second-order valence-electron chi connectivity index (χ2n) is 5.07. The van der Waals surface area contributed by atoms with Crippen LogP contribution in [0.5, 0.6) is 0 Å². The number of piperazine rings is 1. The zero-order chi connectivity index (χ0) is 12.8. The molecule has 1 aromatic rings. The fourth-order valence-electron chi connectivity index (χ4n) is 2.34. The topological polar surface area (TPSA) is 31.4 Å². The maximum Gasteiger partial charge on any atom is 0.128 e. The van der Waals surface area contributed by atoms with Crippen LogP contribution in [0.1, 0.15) is 13.8 Å². The Labute approximate surface area is 110 Å². The Morgan fingerprint density at radius 1 is 1.33 bits per heavy atom. The van der Waals surface area contributed by atoms with Gasteiger partial charge in [0, 0.05) is 51.5 Å². The van der Waals surface area contributed by atoms with E-state index in [0.717, 1.165) is 45.1 Å². The minimum Gasteiger partial charge on any atom is -0.353 e. The van der Waals surface area contributed by atoms with Crippen LogP contribution in [0, 0.1) is 0 Å². The number of rotatable bonds is 5. The van der Waals surface area contributed by atoms with Crippen LogP contribution in [-0.4, -0.2) is 55.2 Å². The van der Waals surface area contributed by atoms with E-state index in [1.807, 2.05) is 12.3 Å². The van der Waals surface area contributed by atoms with Gasteiger partial charge in [-0.05, 0) is 26.0 Å². The highest BCUT2D eigenvalue weighted by Crippen LogP contribution is 2.12. The lowest BCUT2D eigenvalue weighted by Crippen LogP contribution is -2.47. The van der Waals surface area contributed by atoms with Crippen molar-refractivity contribution >= 4 is 5.82 Å². The first-order valence-electron chi connectivity index (χ1n) is 6.88. The van der Waals surface area contributed by atoms with Crippen molar-refractivity contribution in [2.24, 2.45) is 0 Å². The zero-order valence-corrected chi connectivity index (χ0v) is 11.5. The molecule has 0 aromatic carbocycles. The Bertz CT molecular complexity index is 333. The molecular weight excluding hydrogens is 224 g/mol. The highest BCUT2D eigenvalue weighted by Gasteiger charge is 2.14. The number of nitrogens with one attached hydrogen (secondary N) is 1. The molecular formula is C14H24N4. The van der Waals surface area contributed by atoms with E-state index in [4.69, 9.17) is 0 Å². The predicted molar refractivity (Wildman–Crippen MR) is 76.0 cm³/mol. The summed E-state index contributed by atoms with van der Waals surface area (Å²) >= 11 is 0. The van der Waals surface area contributed by atoms with E-state index in [-0.39, 0.29) is 0 Å². The first kappa shape index (κ1) is 13.3. The average Bonchev–Trinajstić information content (AvgIpc) is 2.41. The first-order chi connectivity index (χ1) is 8.77. The fourth-order valence-corrected chi connectivity index (χ4v) is 2.34. The lowest BCUT2D eigenvalue weighted by molar-refractivity contribution is 0.244. The summed E-state index contributed by atoms with van der Waals surface area (Å²) < 4.78 is 0. The van der Waals surface area contributed by atoms with E-state index in [0.29, 0.717) is 6.04 Å². The highest BCUT2D eigenvalue weighted by molar-refractivity contribution is 5.38. The van der Waals surface area contributed by atoms with Gasteiger partial charge in [0.15, 0.2) is 0 Å². The largest absolute Gasteiger partial charge is 0.353 e. The van der Waals surface area contributed by atoms with Gasteiger partial charge < -0.3 is 10.2 Å². The molecule has 0 spiro atoms. The minimum absolute atomic E-state index is 0.489. The molecule has 0 amide bonds. The molecule has 0 atom stereocenters. The van der Waals surface area contributed by atoms with Gasteiger partial charge in [0.25, 0.3) is 0 Å². The summed E-state index contributed by atoms with van der Waals surface area (Å²) in [6, 6.07) is 6.61. The van der Waals surface area contributed by atoms with Crippen molar-refractivity contribution < 1.29 is 0 Å². The van der Waals surface area contributed by atoms with Gasteiger partial charge in [-0.3, -0.25) is 4.90 Å². The maximum absolute atomic E-state index is 4.46. The van der Waals surface area contributed by atoms with Crippen LogP contribution in [0.25, 0.3) is 0 Å². The summed E-state index contributed by atoms with van der Waals surface area (Å²) in [6.45, 7) is 11.2. The summed E-state index contributed by atoms with van der Waals surface area (Å²) in [5, 5.41) is 3.39. The molecule has 0 aliphatic carbocycles. The van der Waals surface area contributed by atoms with Gasteiger partial charge in [-0.15, -0.1) is 0 Å². The quantitative estimate of drug-likeness (QED) is 0.848. The minimum atomic E-state index is 0.489. The van der Waals surface area contributed by atoms with Crippen LogP contribution in [-0.2, 0) is 0 Å². The van der Waals surface area contributed by atoms with Crippen molar-refractivity contribution in [1.29, 1.82) is 0 Å². The van der Waals surface area contributed by atoms with E-state index in [1.165, 1.54) is 0 Å². The third-order valence-corrected chi connectivity index (χ3v) is 3.43. The van der Waals surface area contributed by atoms with E-state index in [9.17, 15) is 0 Å². The number of nitrogens with zero attached hydrogens (tertiary/aromatic N) is 3. The molecule has 1 fully saturated rings. The Balaban J connectivity index is 1.90. The van der Waals surface area contributed by atoms with Gasteiger partial charge in [0.05, 0.1) is 0 Å². The lowest BCUT2D eigenvalue weighted by Gasteiger charge is -2.33. The molecule has 18 heavy (non-hydrogen) atoms. The average molecular weight is 248 g/mol. The second kappa shape index (κ2) is 6.71. The predicted octanol–water partition coefficient (Wildman–Crippen LogP) is 1.20. The van der Waals surface area contributed by atoms with Crippen LogP contribution in [0.3, 0.4) is 0 Å². The summed E-state index contributed by atoms with van der Waals surface area (Å²) in [5.41, 5.74) is 0. The standard InChI is InChI=1S/C14H24N4/c1-13(2)18(14-5-3-4-6-16-14)12-11-17-9-7-15-8-10-17/h3-6,13,15H,7-12H2,1-2H3. The molecule has 4 heteroatoms. The van der Waals surface area contributed by atoms with E-state index in [1.54, 1.807) is 0 Å². The molecule has 100 valence electrons. The number of anilines is 1. The van der Waals surface area contributed by atoms with Gasteiger partial charge in [-0.2, -0.15) is 0 Å². The maximum atomic E-state index is 4.46. The number of hydrogen-bond acceptors (Lipinski definition) is 4. The van der Waals surface area contributed by atoms with Crippen molar-refractivity contribution in [3.63, 3.8) is 0 Å². The monoisotopic (exact) mass is 248 g/mol. The van der Waals surface area contributed by atoms with Crippen LogP contribution >= 0.6 is 0 Å². The molecule has 0 bridgehead atoms. The smallest absolute Gasteiger partial charge is 0.128 e. The Morgan fingerprint density at radius 2 is 2.11 bits per heavy atom. The Hall–Kier alpha value is -1.13. The molecule has 2 rings (SSSR count). The van der Waals surface area contributed by atoms with Gasteiger partial charge in [0.2, 0.25) is 0 Å². The van der Waals surface area contributed by atoms with Crippen molar-refractivity contribution in [1.82, 2.24) is 15.2 Å². The fraction of sp³-hybridized carbons (Fsp3) is 0.643. The molecule has 1 aromatic heterocycles. The van der Waals surface area contributed by atoms with Gasteiger partial charge in [-0.25, -0.2) is 4.98 Å². The van der Waals surface area contributed by atoms with Gasteiger partial charge >= 0.3 is 0 Å². The Kier molecular flexibility index (Phi) is 4.96. The van der Waals surface area contributed by atoms with E-state index in [2.05, 4.69) is 46.1 Å². The summed E-state index contributed by atoms with van der Waals surface area (Å²) in [4.78, 5) is 9.36. The molecule has 1 aliphatic heterocycles. The lowest BCUT2D eigenvalue weighted by atomic mass is 10.3. The SMILES string of the molecule is CC(C)N(CCN1CCNCC1)c1ccccn1. The van der Waals surface area contributed by atoms with E-state index < -0.39 is 0 Å². The molecule has 1 saturated heterocycles. The number of hydrogen-bond donors (Lipinski definition) is 1. The normalized spacial score (nSPS) is 17.1. The molecule has 0 radical (unpaired) electrons. The highest BCUT2D eigenvalue weighted by atomic mass is 15.3. The Morgan fingerprint density at radius 3 is 2.72 bits per heavy atom. The van der Waals surface area contributed by atoms with Crippen molar-refractivity contribution in [3.8, 4) is 0 Å². The molecule has 4 nitrogen and oxygen atoms in total. The van der Waals surface area contributed by atoms with Crippen LogP contribution in [0.2, 0.25) is 0 Å². The van der Waals surface area contributed by atoms with Crippen LogP contribution in [0.15, 0.2) is 24.4 Å². The summed E-state index contributed by atoms with van der Waals surface area (Å²) in [5.74, 6) is 1.09. The number of aromatic nitrogens is 1. The van der Waals surface area contributed by atoms with Crippen molar-refractivity contribution in [2.45, 2.75) is 19.9 Å². The molecule has 2 heterocycles. The zero-order valence-electron chi connectivity index (χ0n) is 11.5.